The summed E-state index contributed by atoms with van der Waals surface area (Å²) in [5.41, 5.74) is 6.99. The minimum atomic E-state index is -2.83. The summed E-state index contributed by atoms with van der Waals surface area (Å²) in [7, 11) is 0. The Kier molecular flexibility index (Phi) is 4.29. The van der Waals surface area contributed by atoms with E-state index in [4.69, 9.17) is 5.73 Å². The third-order valence-corrected chi connectivity index (χ3v) is 4.90. The average molecular weight is 310 g/mol. The molecular formula is C16H20F2N2O2. The van der Waals surface area contributed by atoms with Crippen molar-refractivity contribution in [2.75, 3.05) is 0 Å². The molecule has 4 atom stereocenters. The summed E-state index contributed by atoms with van der Waals surface area (Å²) in [6.45, 7) is -2.46. The molecule has 0 heterocycles. The van der Waals surface area contributed by atoms with Gasteiger partial charge in [-0.2, -0.15) is 8.78 Å². The highest BCUT2D eigenvalue weighted by Crippen LogP contribution is 2.47. The first-order chi connectivity index (χ1) is 10.5. The largest absolute Gasteiger partial charge is 0.435 e. The van der Waals surface area contributed by atoms with Gasteiger partial charge in [-0.05, 0) is 48.8 Å². The lowest BCUT2D eigenvalue weighted by atomic mass is 9.84. The van der Waals surface area contributed by atoms with Crippen molar-refractivity contribution in [3.63, 3.8) is 0 Å². The topological polar surface area (TPSA) is 64.4 Å². The lowest BCUT2D eigenvalue weighted by Crippen LogP contribution is -2.45. The van der Waals surface area contributed by atoms with Crippen molar-refractivity contribution in [3.8, 4) is 5.75 Å². The summed E-state index contributed by atoms with van der Waals surface area (Å²) >= 11 is 0. The molecule has 1 aromatic rings. The van der Waals surface area contributed by atoms with Crippen molar-refractivity contribution < 1.29 is 18.3 Å². The molecule has 1 aromatic carbocycles. The van der Waals surface area contributed by atoms with Gasteiger partial charge in [0.15, 0.2) is 0 Å². The molecule has 0 radical (unpaired) electrons. The SMILES string of the molecule is NC1C2CCC(C2)C1C(=O)NCc1ccc(OC(F)F)cc1. The Balaban J connectivity index is 1.53. The summed E-state index contributed by atoms with van der Waals surface area (Å²) in [6, 6.07) is 6.24. The highest BCUT2D eigenvalue weighted by Gasteiger charge is 2.48. The van der Waals surface area contributed by atoms with Crippen LogP contribution in [0.1, 0.15) is 24.8 Å². The van der Waals surface area contributed by atoms with E-state index in [1.807, 2.05) is 0 Å². The number of hydrogen-bond donors (Lipinski definition) is 2. The summed E-state index contributed by atoms with van der Waals surface area (Å²) < 4.78 is 28.4. The lowest BCUT2D eigenvalue weighted by Gasteiger charge is -2.27. The van der Waals surface area contributed by atoms with Crippen molar-refractivity contribution in [1.82, 2.24) is 5.32 Å². The first-order valence-corrected chi connectivity index (χ1v) is 7.61. The van der Waals surface area contributed by atoms with E-state index in [2.05, 4.69) is 10.1 Å². The van der Waals surface area contributed by atoms with E-state index in [1.165, 1.54) is 12.1 Å². The third kappa shape index (κ3) is 3.06. The van der Waals surface area contributed by atoms with E-state index in [1.54, 1.807) is 12.1 Å². The Morgan fingerprint density at radius 2 is 1.95 bits per heavy atom. The van der Waals surface area contributed by atoms with E-state index in [-0.39, 0.29) is 23.6 Å². The number of carbonyl (C=O) groups is 1. The highest BCUT2D eigenvalue weighted by atomic mass is 19.3. The summed E-state index contributed by atoms with van der Waals surface area (Å²) in [6.07, 6.45) is 3.30. The van der Waals surface area contributed by atoms with E-state index in [0.717, 1.165) is 24.8 Å². The maximum absolute atomic E-state index is 12.3. The number of nitrogens with one attached hydrogen (secondary N) is 1. The van der Waals surface area contributed by atoms with Gasteiger partial charge in [0, 0.05) is 12.6 Å². The van der Waals surface area contributed by atoms with E-state index >= 15 is 0 Å². The molecule has 0 saturated heterocycles. The number of fused-ring (bicyclic) bond motifs is 2. The number of amides is 1. The number of nitrogens with two attached hydrogens (primary N) is 1. The monoisotopic (exact) mass is 310 g/mol. The zero-order chi connectivity index (χ0) is 15.7. The minimum Gasteiger partial charge on any atom is -0.435 e. The quantitative estimate of drug-likeness (QED) is 0.877. The van der Waals surface area contributed by atoms with Crippen LogP contribution in [0.3, 0.4) is 0 Å². The molecule has 1 amide bonds. The molecule has 2 aliphatic rings. The number of rotatable bonds is 5. The second-order valence-corrected chi connectivity index (χ2v) is 6.18. The minimum absolute atomic E-state index is 0.00704. The van der Waals surface area contributed by atoms with Crippen LogP contribution in [0, 0.1) is 17.8 Å². The van der Waals surface area contributed by atoms with Crippen LogP contribution in [-0.4, -0.2) is 18.6 Å². The molecule has 22 heavy (non-hydrogen) atoms. The van der Waals surface area contributed by atoms with Crippen LogP contribution in [0.25, 0.3) is 0 Å². The van der Waals surface area contributed by atoms with Gasteiger partial charge >= 0.3 is 6.61 Å². The Bertz CT molecular complexity index is 533. The number of benzene rings is 1. The molecule has 3 rings (SSSR count). The maximum atomic E-state index is 12.3. The van der Waals surface area contributed by atoms with Gasteiger partial charge in [-0.1, -0.05) is 12.1 Å². The molecule has 120 valence electrons. The van der Waals surface area contributed by atoms with Crippen LogP contribution in [-0.2, 0) is 11.3 Å². The summed E-state index contributed by atoms with van der Waals surface area (Å²) in [5, 5.41) is 2.91. The van der Waals surface area contributed by atoms with Crippen molar-refractivity contribution in [2.45, 2.75) is 38.5 Å². The molecule has 0 spiro atoms. The number of carbonyl (C=O) groups excluding carboxylic acids is 1. The fourth-order valence-electron chi connectivity index (χ4n) is 3.82. The molecule has 3 N–H and O–H groups in total. The Labute approximate surface area is 128 Å². The molecule has 2 saturated carbocycles. The zero-order valence-corrected chi connectivity index (χ0v) is 12.2. The Morgan fingerprint density at radius 1 is 1.27 bits per heavy atom. The fourth-order valence-corrected chi connectivity index (χ4v) is 3.82. The number of alkyl halides is 2. The number of hydrogen-bond acceptors (Lipinski definition) is 3. The molecule has 2 fully saturated rings. The standard InChI is InChI=1S/C16H20F2N2O2/c17-16(18)22-12-5-1-9(2-6-12)8-20-15(21)13-10-3-4-11(7-10)14(13)19/h1-2,5-6,10-11,13-14,16H,3-4,7-8,19H2,(H,20,21). The smallest absolute Gasteiger partial charge is 0.387 e. The number of halogens is 2. The van der Waals surface area contributed by atoms with Gasteiger partial charge in [-0.25, -0.2) is 0 Å². The van der Waals surface area contributed by atoms with Gasteiger partial charge in [0.05, 0.1) is 5.92 Å². The highest BCUT2D eigenvalue weighted by molar-refractivity contribution is 5.80. The van der Waals surface area contributed by atoms with Gasteiger partial charge < -0.3 is 15.8 Å². The van der Waals surface area contributed by atoms with Crippen molar-refractivity contribution in [3.05, 3.63) is 29.8 Å². The zero-order valence-electron chi connectivity index (χ0n) is 12.2. The van der Waals surface area contributed by atoms with Gasteiger partial charge in [0.25, 0.3) is 0 Å². The summed E-state index contributed by atoms with van der Waals surface area (Å²) in [4.78, 5) is 12.3. The number of ether oxygens (including phenoxy) is 1. The molecule has 0 aliphatic heterocycles. The summed E-state index contributed by atoms with van der Waals surface area (Å²) in [5.74, 6) is 0.946. The lowest BCUT2D eigenvalue weighted by molar-refractivity contribution is -0.127. The van der Waals surface area contributed by atoms with E-state index < -0.39 is 6.61 Å². The Hall–Kier alpha value is -1.69. The van der Waals surface area contributed by atoms with Gasteiger partial charge in [-0.3, -0.25) is 4.79 Å². The first kappa shape index (κ1) is 15.2. The molecule has 4 nitrogen and oxygen atoms in total. The van der Waals surface area contributed by atoms with Crippen LogP contribution in [0.4, 0.5) is 8.78 Å². The van der Waals surface area contributed by atoms with Crippen LogP contribution < -0.4 is 15.8 Å². The molecule has 4 unspecified atom stereocenters. The normalized spacial score (nSPS) is 29.8. The average Bonchev–Trinajstić information content (AvgIpc) is 3.06. The molecule has 6 heteroatoms. The molecular weight excluding hydrogens is 290 g/mol. The fraction of sp³-hybridized carbons (Fsp3) is 0.562. The predicted molar refractivity (Wildman–Crippen MR) is 77.2 cm³/mol. The predicted octanol–water partition coefficient (Wildman–Crippen LogP) is 2.28. The molecule has 2 aliphatic carbocycles. The van der Waals surface area contributed by atoms with Crippen LogP contribution >= 0.6 is 0 Å². The van der Waals surface area contributed by atoms with E-state index in [0.29, 0.717) is 18.4 Å². The molecule has 2 bridgehead atoms. The van der Waals surface area contributed by atoms with Crippen LogP contribution in [0.2, 0.25) is 0 Å². The van der Waals surface area contributed by atoms with Crippen molar-refractivity contribution in [2.24, 2.45) is 23.5 Å². The van der Waals surface area contributed by atoms with Crippen LogP contribution in [0.5, 0.6) is 5.75 Å². The second-order valence-electron chi connectivity index (χ2n) is 6.18. The Morgan fingerprint density at radius 3 is 2.55 bits per heavy atom. The maximum Gasteiger partial charge on any atom is 0.387 e. The third-order valence-electron chi connectivity index (χ3n) is 4.90. The van der Waals surface area contributed by atoms with Gasteiger partial charge in [-0.15, -0.1) is 0 Å². The van der Waals surface area contributed by atoms with Crippen LogP contribution in [0.15, 0.2) is 24.3 Å². The van der Waals surface area contributed by atoms with Gasteiger partial charge in [0.2, 0.25) is 5.91 Å². The van der Waals surface area contributed by atoms with E-state index in [9.17, 15) is 13.6 Å². The second kappa shape index (κ2) is 6.20. The molecule has 0 aromatic heterocycles. The first-order valence-electron chi connectivity index (χ1n) is 7.61. The van der Waals surface area contributed by atoms with Gasteiger partial charge in [0.1, 0.15) is 5.75 Å². The van der Waals surface area contributed by atoms with Crippen molar-refractivity contribution >= 4 is 5.91 Å². The van der Waals surface area contributed by atoms with Crippen molar-refractivity contribution in [1.29, 1.82) is 0 Å².